The number of benzene rings is 1. The van der Waals surface area contributed by atoms with Gasteiger partial charge in [-0.25, -0.2) is 0 Å². The van der Waals surface area contributed by atoms with Crippen molar-refractivity contribution in [3.63, 3.8) is 0 Å². The number of aliphatic hydroxyl groups excluding tert-OH is 1. The number of H-pyrrole nitrogens is 1. The number of aryl methyl sites for hydroxylation is 1. The van der Waals surface area contributed by atoms with E-state index in [2.05, 4.69) is 4.98 Å². The highest BCUT2D eigenvalue weighted by Crippen LogP contribution is 2.40. The Kier molecular flexibility index (Phi) is 4.52. The van der Waals surface area contributed by atoms with Gasteiger partial charge < -0.3 is 24.1 Å². The molecule has 1 saturated heterocycles. The van der Waals surface area contributed by atoms with Crippen molar-refractivity contribution in [1.82, 2.24) is 9.88 Å². The van der Waals surface area contributed by atoms with Crippen LogP contribution >= 0.6 is 0 Å². The van der Waals surface area contributed by atoms with Gasteiger partial charge in [-0.05, 0) is 25.1 Å². The Labute approximate surface area is 161 Å². The molecule has 3 aromatic rings. The van der Waals surface area contributed by atoms with Crippen LogP contribution in [-0.4, -0.2) is 46.9 Å². The summed E-state index contributed by atoms with van der Waals surface area (Å²) in [5, 5.41) is 11.8. The number of fused-ring (bicyclic) bond motifs is 1. The summed E-state index contributed by atoms with van der Waals surface area (Å²) in [4.78, 5) is 30.0. The molecule has 1 amide bonds. The molecule has 1 atom stereocenters. The highest BCUT2D eigenvalue weighted by Gasteiger charge is 2.47. The molecule has 0 bridgehead atoms. The van der Waals surface area contributed by atoms with Crippen molar-refractivity contribution in [1.29, 1.82) is 0 Å². The lowest BCUT2D eigenvalue weighted by atomic mass is 9.99. The molecule has 7 heteroatoms. The van der Waals surface area contributed by atoms with Crippen LogP contribution in [-0.2, 0) is 14.3 Å². The number of furan rings is 1. The summed E-state index contributed by atoms with van der Waals surface area (Å²) >= 11 is 0. The molecule has 2 N–H and O–H groups in total. The Bertz CT molecular complexity index is 1090. The standard InChI is InChI=1S/C21H20N2O5/c1-12-7-8-16(28-12)18-17(20(25)21(26)23(18)9-10-27-2)19(24)14-11-22-15-6-4-3-5-13(14)15/h3-8,11,18,22,24H,9-10H2,1-2H3/b19-17-. The Balaban J connectivity index is 1.90. The number of aromatic nitrogens is 1. The van der Waals surface area contributed by atoms with Crippen LogP contribution in [0.25, 0.3) is 16.7 Å². The lowest BCUT2D eigenvalue weighted by Crippen LogP contribution is -2.32. The predicted octanol–water partition coefficient (Wildman–Crippen LogP) is 3.14. The maximum atomic E-state index is 12.8. The van der Waals surface area contributed by atoms with Crippen molar-refractivity contribution in [2.75, 3.05) is 20.3 Å². The van der Waals surface area contributed by atoms with E-state index in [0.29, 0.717) is 17.1 Å². The Morgan fingerprint density at radius 1 is 1.25 bits per heavy atom. The van der Waals surface area contributed by atoms with Gasteiger partial charge in [-0.2, -0.15) is 0 Å². The highest BCUT2D eigenvalue weighted by atomic mass is 16.5. The summed E-state index contributed by atoms with van der Waals surface area (Å²) in [5.41, 5.74) is 1.30. The summed E-state index contributed by atoms with van der Waals surface area (Å²) < 4.78 is 10.8. The minimum Gasteiger partial charge on any atom is -0.507 e. The van der Waals surface area contributed by atoms with Crippen molar-refractivity contribution in [2.45, 2.75) is 13.0 Å². The molecule has 1 aliphatic heterocycles. The number of hydrogen-bond acceptors (Lipinski definition) is 5. The number of nitrogens with zero attached hydrogens (tertiary/aromatic N) is 1. The van der Waals surface area contributed by atoms with E-state index in [0.717, 1.165) is 10.9 Å². The number of ether oxygens (including phenoxy) is 1. The van der Waals surface area contributed by atoms with E-state index >= 15 is 0 Å². The lowest BCUT2D eigenvalue weighted by Gasteiger charge is -2.22. The minimum atomic E-state index is -0.808. The second kappa shape index (κ2) is 7.01. The molecular weight excluding hydrogens is 360 g/mol. The largest absolute Gasteiger partial charge is 0.507 e. The average Bonchev–Trinajstić information content (AvgIpc) is 3.37. The number of likely N-dealkylation sites (tertiary alicyclic amines) is 1. The van der Waals surface area contributed by atoms with Crippen LogP contribution in [0.2, 0.25) is 0 Å². The van der Waals surface area contributed by atoms with Crippen molar-refractivity contribution in [2.24, 2.45) is 0 Å². The molecule has 1 aromatic carbocycles. The maximum Gasteiger partial charge on any atom is 0.295 e. The van der Waals surface area contributed by atoms with Gasteiger partial charge >= 0.3 is 0 Å². The van der Waals surface area contributed by atoms with E-state index in [1.807, 2.05) is 24.3 Å². The Hall–Kier alpha value is -3.32. The zero-order valence-corrected chi connectivity index (χ0v) is 15.6. The molecule has 1 unspecified atom stereocenters. The van der Waals surface area contributed by atoms with E-state index < -0.39 is 17.7 Å². The quantitative estimate of drug-likeness (QED) is 0.403. The predicted molar refractivity (Wildman–Crippen MR) is 103 cm³/mol. The number of rotatable bonds is 5. The smallest absolute Gasteiger partial charge is 0.295 e. The average molecular weight is 380 g/mol. The number of aromatic amines is 1. The van der Waals surface area contributed by atoms with Gasteiger partial charge in [0.2, 0.25) is 0 Å². The fraction of sp³-hybridized carbons (Fsp3) is 0.238. The van der Waals surface area contributed by atoms with Crippen LogP contribution in [0.15, 0.2) is 52.6 Å². The van der Waals surface area contributed by atoms with Crippen LogP contribution in [0, 0.1) is 6.92 Å². The van der Waals surface area contributed by atoms with Crippen molar-refractivity contribution in [3.8, 4) is 0 Å². The van der Waals surface area contributed by atoms with Gasteiger partial charge in [0, 0.05) is 36.3 Å². The maximum absolute atomic E-state index is 12.8. The first-order chi connectivity index (χ1) is 13.5. The van der Waals surface area contributed by atoms with Gasteiger partial charge in [0.15, 0.2) is 0 Å². The van der Waals surface area contributed by atoms with Crippen LogP contribution in [0.3, 0.4) is 0 Å². The number of carbonyl (C=O) groups is 2. The van der Waals surface area contributed by atoms with E-state index in [4.69, 9.17) is 9.15 Å². The summed E-state index contributed by atoms with van der Waals surface area (Å²) in [6.07, 6.45) is 1.63. The summed E-state index contributed by atoms with van der Waals surface area (Å²) in [6, 6.07) is 10.1. The first-order valence-electron chi connectivity index (χ1n) is 8.93. The first-order valence-corrected chi connectivity index (χ1v) is 8.93. The minimum absolute atomic E-state index is 0.0141. The fourth-order valence-corrected chi connectivity index (χ4v) is 3.61. The number of methoxy groups -OCH3 is 1. The molecule has 144 valence electrons. The molecule has 4 rings (SSSR count). The Morgan fingerprint density at radius 2 is 2.04 bits per heavy atom. The molecule has 7 nitrogen and oxygen atoms in total. The number of carbonyl (C=O) groups excluding carboxylic acids is 2. The van der Waals surface area contributed by atoms with E-state index in [9.17, 15) is 14.7 Å². The molecule has 0 saturated carbocycles. The van der Waals surface area contributed by atoms with Crippen molar-refractivity contribution < 1.29 is 23.8 Å². The molecule has 3 heterocycles. The highest BCUT2D eigenvalue weighted by molar-refractivity contribution is 6.46. The van der Waals surface area contributed by atoms with Crippen LogP contribution in [0.5, 0.6) is 0 Å². The molecule has 28 heavy (non-hydrogen) atoms. The third-order valence-electron chi connectivity index (χ3n) is 4.95. The number of aliphatic hydroxyl groups is 1. The lowest BCUT2D eigenvalue weighted by molar-refractivity contribution is -0.140. The van der Waals surface area contributed by atoms with Gasteiger partial charge in [-0.15, -0.1) is 0 Å². The number of para-hydroxylation sites is 1. The molecule has 1 aliphatic rings. The first kappa shape index (κ1) is 18.1. The topological polar surface area (TPSA) is 95.8 Å². The third kappa shape index (κ3) is 2.80. The van der Waals surface area contributed by atoms with E-state index in [-0.39, 0.29) is 24.5 Å². The summed E-state index contributed by atoms with van der Waals surface area (Å²) in [5.74, 6) is -0.571. The zero-order chi connectivity index (χ0) is 19.8. The third-order valence-corrected chi connectivity index (χ3v) is 4.95. The summed E-state index contributed by atoms with van der Waals surface area (Å²) in [7, 11) is 1.52. The fourth-order valence-electron chi connectivity index (χ4n) is 3.61. The molecular formula is C21H20N2O5. The number of amides is 1. The number of hydrogen-bond donors (Lipinski definition) is 2. The second-order valence-electron chi connectivity index (χ2n) is 6.68. The SMILES string of the molecule is COCCN1C(=O)C(=O)/C(=C(\O)c2c[nH]c3ccccc23)C1c1ccc(C)o1. The second-order valence-corrected chi connectivity index (χ2v) is 6.68. The molecule has 0 spiro atoms. The normalized spacial score (nSPS) is 19.1. The van der Waals surface area contributed by atoms with Crippen molar-refractivity contribution in [3.05, 3.63) is 65.3 Å². The van der Waals surface area contributed by atoms with E-state index in [1.54, 1.807) is 25.3 Å². The number of nitrogens with one attached hydrogen (secondary N) is 1. The van der Waals surface area contributed by atoms with Gasteiger partial charge in [-0.1, -0.05) is 18.2 Å². The zero-order valence-electron chi connectivity index (χ0n) is 15.6. The van der Waals surface area contributed by atoms with Gasteiger partial charge in [-0.3, -0.25) is 9.59 Å². The number of ketones is 1. The molecule has 0 aliphatic carbocycles. The van der Waals surface area contributed by atoms with Gasteiger partial charge in [0.05, 0.1) is 12.2 Å². The Morgan fingerprint density at radius 3 is 2.75 bits per heavy atom. The summed E-state index contributed by atoms with van der Waals surface area (Å²) in [6.45, 7) is 2.25. The van der Waals surface area contributed by atoms with Crippen LogP contribution in [0.4, 0.5) is 0 Å². The van der Waals surface area contributed by atoms with Gasteiger partial charge in [0.1, 0.15) is 23.3 Å². The van der Waals surface area contributed by atoms with Crippen LogP contribution < -0.4 is 0 Å². The molecule has 0 radical (unpaired) electrons. The van der Waals surface area contributed by atoms with Crippen molar-refractivity contribution >= 4 is 28.4 Å². The number of Topliss-reactive ketones (excluding diaryl/α,β-unsaturated/α-hetero) is 1. The molecule has 1 fully saturated rings. The van der Waals surface area contributed by atoms with Gasteiger partial charge in [0.25, 0.3) is 11.7 Å². The molecule has 2 aromatic heterocycles. The van der Waals surface area contributed by atoms with E-state index in [1.165, 1.54) is 12.0 Å². The van der Waals surface area contributed by atoms with Crippen LogP contribution in [0.1, 0.15) is 23.1 Å². The monoisotopic (exact) mass is 380 g/mol.